The Balaban J connectivity index is 3.70. The van der Waals surface area contributed by atoms with Gasteiger partial charge < -0.3 is 54.5 Å². The zero-order chi connectivity index (χ0) is 73.4. The molecule has 1 aliphatic rings. The summed E-state index contributed by atoms with van der Waals surface area (Å²) in [6, 6.07) is -3.00. The van der Waals surface area contributed by atoms with Crippen molar-refractivity contribution in [3.63, 3.8) is 0 Å². The average Bonchev–Trinajstić information content (AvgIpc) is 0.782. The Morgan fingerprint density at radius 2 is 0.650 bits per heavy atom. The number of amides is 3. The summed E-state index contributed by atoms with van der Waals surface area (Å²) in [5, 5.41) is 19.6. The highest BCUT2D eigenvalue weighted by atomic mass is 31.2. The zero-order valence-electron chi connectivity index (χ0n) is 64.6. The molecule has 19 nitrogen and oxygen atoms in total. The second-order valence-corrected chi connectivity index (χ2v) is 30.3. The highest BCUT2D eigenvalue weighted by Gasteiger charge is 2.51. The molecule has 3 unspecified atom stereocenters. The van der Waals surface area contributed by atoms with Gasteiger partial charge in [0.2, 0.25) is 17.7 Å². The summed E-state index contributed by atoms with van der Waals surface area (Å²) in [6.07, 6.45) is 44.9. The summed E-state index contributed by atoms with van der Waals surface area (Å²) < 4.78 is 49.2. The highest BCUT2D eigenvalue weighted by Crippen LogP contribution is 2.42. The van der Waals surface area contributed by atoms with E-state index < -0.39 is 87.1 Å². The quantitative estimate of drug-likeness (QED) is 0.0143. The molecule has 0 radical (unpaired) electrons. The number of carbonyl (C=O) groups excluding carboxylic acids is 6. The second-order valence-electron chi connectivity index (χ2n) is 29.1. The normalized spacial score (nSPS) is 17.1. The van der Waals surface area contributed by atoms with Crippen LogP contribution >= 0.6 is 7.82 Å². The fourth-order valence-electron chi connectivity index (χ4n) is 13.5. The summed E-state index contributed by atoms with van der Waals surface area (Å²) in [6.45, 7) is 11.9. The van der Waals surface area contributed by atoms with Gasteiger partial charge in [-0.3, -0.25) is 33.3 Å². The van der Waals surface area contributed by atoms with Crippen molar-refractivity contribution in [2.24, 2.45) is 0 Å². The van der Waals surface area contributed by atoms with Crippen molar-refractivity contribution in [2.75, 3.05) is 19.8 Å². The van der Waals surface area contributed by atoms with Gasteiger partial charge in [0.25, 0.3) is 0 Å². The summed E-state index contributed by atoms with van der Waals surface area (Å²) in [7, 11) is -5.42. The third-order valence-electron chi connectivity index (χ3n) is 19.5. The van der Waals surface area contributed by atoms with Gasteiger partial charge in [-0.2, -0.15) is 0 Å². The molecule has 20 heteroatoms. The highest BCUT2D eigenvalue weighted by molar-refractivity contribution is 7.46. The lowest BCUT2D eigenvalue weighted by atomic mass is 9.93. The number of aliphatic hydroxyl groups is 1. The van der Waals surface area contributed by atoms with E-state index in [-0.39, 0.29) is 63.6 Å². The van der Waals surface area contributed by atoms with E-state index in [4.69, 9.17) is 28.2 Å². The summed E-state index contributed by atoms with van der Waals surface area (Å²) in [5.74, 6) is -2.85. The van der Waals surface area contributed by atoms with Gasteiger partial charge in [-0.05, 0) is 57.8 Å². The Kier molecular flexibility index (Phi) is 63.0. The minimum absolute atomic E-state index is 0.0706. The largest absolute Gasteiger partial charge is 0.470 e. The van der Waals surface area contributed by atoms with Gasteiger partial charge in [-0.15, -0.1) is 0 Å². The van der Waals surface area contributed by atoms with Gasteiger partial charge in [-0.25, -0.2) is 4.57 Å². The summed E-state index contributed by atoms with van der Waals surface area (Å²) in [4.78, 5) is 105. The molecule has 0 saturated carbocycles. The molecule has 1 saturated heterocycles. The number of aliphatic hydroxyl groups excluding tert-OH is 1. The van der Waals surface area contributed by atoms with Crippen molar-refractivity contribution in [3.8, 4) is 0 Å². The lowest BCUT2D eigenvalue weighted by Crippen LogP contribution is -2.70. The van der Waals surface area contributed by atoms with Gasteiger partial charge >= 0.3 is 25.7 Å². The number of nitrogens with one attached hydrogen (secondary N) is 3. The van der Waals surface area contributed by atoms with E-state index in [1.165, 1.54) is 116 Å². The molecule has 1 fully saturated rings. The van der Waals surface area contributed by atoms with Crippen LogP contribution in [0.1, 0.15) is 408 Å². The van der Waals surface area contributed by atoms with E-state index in [0.29, 0.717) is 44.9 Å². The van der Waals surface area contributed by atoms with Crippen LogP contribution in [0.25, 0.3) is 0 Å². The molecule has 0 spiro atoms. The first kappa shape index (κ1) is 94.8. The van der Waals surface area contributed by atoms with Crippen molar-refractivity contribution >= 4 is 43.5 Å². The molecule has 1 heterocycles. The number of rotatable bonds is 72. The first-order valence-corrected chi connectivity index (χ1v) is 43.1. The summed E-state index contributed by atoms with van der Waals surface area (Å²) in [5.41, 5.74) is 0. The lowest BCUT2D eigenvalue weighted by Gasteiger charge is -2.46. The molecule has 1 aliphatic heterocycles. The minimum atomic E-state index is -5.42. The average molecular weight is 1440 g/mol. The van der Waals surface area contributed by atoms with Crippen molar-refractivity contribution in [1.29, 1.82) is 0 Å². The first-order chi connectivity index (χ1) is 48.5. The zero-order valence-corrected chi connectivity index (χ0v) is 65.5. The van der Waals surface area contributed by atoms with Crippen LogP contribution in [-0.2, 0) is 61.5 Å². The molecule has 0 aromatic heterocycles. The van der Waals surface area contributed by atoms with Crippen molar-refractivity contribution in [1.82, 2.24) is 16.0 Å². The Morgan fingerprint density at radius 3 is 0.940 bits per heavy atom. The number of phosphoric acid groups is 1. The molecule has 6 N–H and O–H groups in total. The van der Waals surface area contributed by atoms with Crippen LogP contribution < -0.4 is 16.0 Å². The van der Waals surface area contributed by atoms with Crippen LogP contribution in [0.2, 0.25) is 0 Å². The Bertz CT molecular complexity index is 2030. The number of ether oxygens (including phenoxy) is 5. The summed E-state index contributed by atoms with van der Waals surface area (Å²) >= 11 is 0. The third-order valence-corrected chi connectivity index (χ3v) is 20.0. The van der Waals surface area contributed by atoms with Crippen LogP contribution in [0.4, 0.5) is 0 Å². The van der Waals surface area contributed by atoms with Gasteiger partial charge in [0, 0.05) is 25.8 Å². The molecule has 0 aromatic carbocycles. The smallest absolute Gasteiger partial charge is 0.462 e. The molecule has 0 aromatic rings. The van der Waals surface area contributed by atoms with E-state index in [0.717, 1.165) is 167 Å². The molecule has 0 aliphatic carbocycles. The molecule has 8 atom stereocenters. The molecule has 588 valence electrons. The maximum Gasteiger partial charge on any atom is 0.470 e. The molecule has 0 bridgehead atoms. The first-order valence-electron chi connectivity index (χ1n) is 41.6. The van der Waals surface area contributed by atoms with Crippen molar-refractivity contribution < 1.29 is 76.4 Å². The molecular weight excluding hydrogens is 1290 g/mol. The monoisotopic (exact) mass is 1440 g/mol. The fraction of sp³-hybridized carbons (Fsp3) is 0.925. The van der Waals surface area contributed by atoms with Gasteiger partial charge in [0.05, 0.1) is 38.5 Å². The molecular formula is C80H152N3O16P. The standard InChI is InChI=1S/C80H152N3O16P/c1-7-13-19-25-31-34-40-43-49-55-67(95-74(88)58-52-46-37-28-22-16-10-4)63-71(85)81-61-62-94-80-78(83-73(87)65-69(57-51-45-42-36-33-27-21-15-9-3)97-76(90)60-54-48-39-30-24-18-12-6)77(79(70(66-84)98-80)99-100(91,92)93)82-72(86)64-68(56-50-44-41-35-32-26-20-14-8-2)96-75(89)59-53-47-38-29-23-17-11-5/h67-70,77-80,84H,7-66H2,1-6H3,(H,81,85)(H,82,86)(H,83,87)(H2,91,92,93)/t67-,68-,69-,70?,77?,78?,79-,80-/m1/s1. The predicted molar refractivity (Wildman–Crippen MR) is 402 cm³/mol. The maximum absolute atomic E-state index is 14.8. The Labute approximate surface area is 609 Å². The number of phosphoric ester groups is 1. The predicted octanol–water partition coefficient (Wildman–Crippen LogP) is 19.4. The van der Waals surface area contributed by atoms with E-state index in [1.807, 2.05) is 0 Å². The number of unbranched alkanes of at least 4 members (excludes halogenated alkanes) is 42. The van der Waals surface area contributed by atoms with Crippen LogP contribution in [0.15, 0.2) is 0 Å². The van der Waals surface area contributed by atoms with E-state index in [1.54, 1.807) is 0 Å². The van der Waals surface area contributed by atoms with Crippen LogP contribution in [0.3, 0.4) is 0 Å². The maximum atomic E-state index is 14.8. The number of esters is 3. The van der Waals surface area contributed by atoms with Crippen molar-refractivity contribution in [2.45, 2.75) is 456 Å². The number of carbonyl (C=O) groups is 6. The van der Waals surface area contributed by atoms with Crippen LogP contribution in [0, 0.1) is 0 Å². The Hall–Kier alpha value is -3.19. The molecule has 1 rings (SSSR count). The number of hydrogen-bond acceptors (Lipinski definition) is 14. The lowest BCUT2D eigenvalue weighted by molar-refractivity contribution is -0.247. The van der Waals surface area contributed by atoms with Gasteiger partial charge in [0.1, 0.15) is 36.6 Å². The fourth-order valence-corrected chi connectivity index (χ4v) is 14.1. The third kappa shape index (κ3) is 55.3. The Morgan fingerprint density at radius 1 is 0.380 bits per heavy atom. The van der Waals surface area contributed by atoms with Crippen LogP contribution in [-0.4, -0.2) is 119 Å². The van der Waals surface area contributed by atoms with E-state index >= 15 is 0 Å². The van der Waals surface area contributed by atoms with Crippen LogP contribution in [0.5, 0.6) is 0 Å². The molecule has 100 heavy (non-hydrogen) atoms. The van der Waals surface area contributed by atoms with Gasteiger partial charge in [0.15, 0.2) is 6.29 Å². The second kappa shape index (κ2) is 66.5. The van der Waals surface area contributed by atoms with Gasteiger partial charge in [-0.1, -0.05) is 311 Å². The molecule has 3 amide bonds. The topological polar surface area (TPSA) is 272 Å². The SMILES string of the molecule is CCCCCCCCCCC[C@H](CC(=O)NCCO[C@@H]1OC(CO)[C@@H](OP(=O)(O)O)C(NC(=O)C[C@@H](CCCCCCCCCCC)OC(=O)CCCCCCCCC)C1NC(=O)C[C@@H](CCCCCCCCCCC)OC(=O)CCCCCCCCC)OC(=O)CCCCCCCCC. The van der Waals surface area contributed by atoms with E-state index in [2.05, 4.69) is 57.5 Å². The minimum Gasteiger partial charge on any atom is -0.462 e. The van der Waals surface area contributed by atoms with E-state index in [9.17, 15) is 48.2 Å². The number of hydrogen-bond donors (Lipinski definition) is 6. The van der Waals surface area contributed by atoms with Crippen molar-refractivity contribution in [3.05, 3.63) is 0 Å².